The van der Waals surface area contributed by atoms with Gasteiger partial charge in [0, 0.05) is 6.20 Å². The molecule has 0 saturated heterocycles. The van der Waals surface area contributed by atoms with Crippen LogP contribution in [0.2, 0.25) is 10.2 Å². The molecule has 0 aliphatic carbocycles. The van der Waals surface area contributed by atoms with Gasteiger partial charge >= 0.3 is 5.97 Å². The highest BCUT2D eigenvalue weighted by Crippen LogP contribution is 2.27. The Balaban J connectivity index is 2.38. The third-order valence-corrected chi connectivity index (χ3v) is 4.60. The van der Waals surface area contributed by atoms with Crippen LogP contribution in [0, 0.1) is 0 Å². The van der Waals surface area contributed by atoms with Crippen LogP contribution in [0.4, 0.5) is 5.69 Å². The van der Waals surface area contributed by atoms with Crippen molar-refractivity contribution in [3.05, 3.63) is 52.3 Å². The summed E-state index contributed by atoms with van der Waals surface area (Å²) in [6, 6.07) is 6.35. The molecule has 0 atom stereocenters. The highest BCUT2D eigenvalue weighted by atomic mass is 35.5. The first kappa shape index (κ1) is 15.6. The molecular formula is C12H8Cl2N2O4S. The van der Waals surface area contributed by atoms with Gasteiger partial charge in [-0.25, -0.2) is 18.2 Å². The number of nitrogens with zero attached hydrogens (tertiary/aromatic N) is 1. The van der Waals surface area contributed by atoms with Gasteiger partial charge in [-0.2, -0.15) is 0 Å². The zero-order chi connectivity index (χ0) is 15.6. The van der Waals surface area contributed by atoms with Gasteiger partial charge < -0.3 is 5.11 Å². The summed E-state index contributed by atoms with van der Waals surface area (Å²) in [5.41, 5.74) is -0.0102. The molecule has 0 aliphatic rings. The maximum absolute atomic E-state index is 12.2. The number of halogens is 2. The molecule has 0 amide bonds. The fourth-order valence-corrected chi connectivity index (χ4v) is 3.32. The number of carbonyl (C=O) groups is 1. The Kier molecular flexibility index (Phi) is 4.36. The largest absolute Gasteiger partial charge is 0.478 e. The maximum Gasteiger partial charge on any atom is 0.335 e. The number of sulfonamides is 1. The van der Waals surface area contributed by atoms with Crippen molar-refractivity contribution in [1.29, 1.82) is 0 Å². The van der Waals surface area contributed by atoms with Crippen LogP contribution in [-0.2, 0) is 10.0 Å². The smallest absolute Gasteiger partial charge is 0.335 e. The number of aromatic nitrogens is 1. The summed E-state index contributed by atoms with van der Waals surface area (Å²) in [5.74, 6) is -1.17. The number of carboxylic acids is 1. The topological polar surface area (TPSA) is 96.4 Å². The van der Waals surface area contributed by atoms with E-state index in [1.807, 2.05) is 0 Å². The van der Waals surface area contributed by atoms with Crippen LogP contribution in [0.1, 0.15) is 10.4 Å². The molecule has 0 radical (unpaired) electrons. The molecule has 21 heavy (non-hydrogen) atoms. The standard InChI is InChI=1S/C12H8Cl2N2O4S/c13-8-6-7(12(17)18)3-4-9(8)16-21(19,20)10-2-1-5-15-11(10)14/h1-6,16H,(H,17,18). The maximum atomic E-state index is 12.2. The van der Waals surface area contributed by atoms with Gasteiger partial charge in [0.15, 0.2) is 0 Å². The lowest BCUT2D eigenvalue weighted by Gasteiger charge is -2.10. The van der Waals surface area contributed by atoms with Crippen molar-refractivity contribution in [1.82, 2.24) is 4.98 Å². The first-order chi connectivity index (χ1) is 9.81. The summed E-state index contributed by atoms with van der Waals surface area (Å²) >= 11 is 11.6. The lowest BCUT2D eigenvalue weighted by Crippen LogP contribution is -2.14. The number of anilines is 1. The SMILES string of the molecule is O=C(O)c1ccc(NS(=O)(=O)c2cccnc2Cl)c(Cl)c1. The minimum absolute atomic E-state index is 0.0431. The molecule has 0 unspecified atom stereocenters. The Morgan fingerprint density at radius 3 is 2.52 bits per heavy atom. The van der Waals surface area contributed by atoms with Crippen LogP contribution in [0.3, 0.4) is 0 Å². The molecule has 1 aromatic heterocycles. The van der Waals surface area contributed by atoms with Crippen molar-refractivity contribution in [2.75, 3.05) is 4.72 Å². The Morgan fingerprint density at radius 1 is 1.24 bits per heavy atom. The van der Waals surface area contributed by atoms with Crippen LogP contribution in [0.25, 0.3) is 0 Å². The molecule has 0 spiro atoms. The van der Waals surface area contributed by atoms with Crippen molar-refractivity contribution >= 4 is 44.9 Å². The molecule has 0 aliphatic heterocycles. The highest BCUT2D eigenvalue weighted by Gasteiger charge is 2.20. The highest BCUT2D eigenvalue weighted by molar-refractivity contribution is 7.92. The van der Waals surface area contributed by atoms with E-state index >= 15 is 0 Å². The summed E-state index contributed by atoms with van der Waals surface area (Å²) in [6.07, 6.45) is 1.36. The van der Waals surface area contributed by atoms with E-state index in [2.05, 4.69) is 9.71 Å². The monoisotopic (exact) mass is 346 g/mol. The number of carboxylic acid groups (broad SMARTS) is 1. The predicted octanol–water partition coefficient (Wildman–Crippen LogP) is 2.89. The second-order valence-electron chi connectivity index (χ2n) is 3.90. The number of hydrogen-bond acceptors (Lipinski definition) is 4. The third kappa shape index (κ3) is 3.44. The van der Waals surface area contributed by atoms with Crippen molar-refractivity contribution in [2.24, 2.45) is 0 Å². The van der Waals surface area contributed by atoms with Gasteiger partial charge in [0.1, 0.15) is 10.0 Å². The molecule has 0 bridgehead atoms. The van der Waals surface area contributed by atoms with E-state index in [-0.39, 0.29) is 26.3 Å². The van der Waals surface area contributed by atoms with Crippen molar-refractivity contribution in [3.8, 4) is 0 Å². The van der Waals surface area contributed by atoms with Crippen LogP contribution in [0.5, 0.6) is 0 Å². The lowest BCUT2D eigenvalue weighted by molar-refractivity contribution is 0.0697. The molecule has 1 aromatic carbocycles. The molecule has 6 nitrogen and oxygen atoms in total. The average molecular weight is 347 g/mol. The summed E-state index contributed by atoms with van der Waals surface area (Å²) in [6.45, 7) is 0. The van der Waals surface area contributed by atoms with Crippen molar-refractivity contribution < 1.29 is 18.3 Å². The molecule has 2 aromatic rings. The zero-order valence-electron chi connectivity index (χ0n) is 10.2. The number of pyridine rings is 1. The molecule has 9 heteroatoms. The van der Waals surface area contributed by atoms with Gasteiger partial charge in [-0.05, 0) is 30.3 Å². The van der Waals surface area contributed by atoms with Crippen LogP contribution in [-0.4, -0.2) is 24.5 Å². The number of aromatic carboxylic acids is 1. The van der Waals surface area contributed by atoms with E-state index in [9.17, 15) is 13.2 Å². The lowest BCUT2D eigenvalue weighted by atomic mass is 10.2. The second-order valence-corrected chi connectivity index (χ2v) is 6.31. The van der Waals surface area contributed by atoms with Crippen LogP contribution >= 0.6 is 23.2 Å². The van der Waals surface area contributed by atoms with E-state index in [0.29, 0.717) is 0 Å². The number of benzene rings is 1. The van der Waals surface area contributed by atoms with Gasteiger partial charge in [0.05, 0.1) is 16.3 Å². The fraction of sp³-hybridized carbons (Fsp3) is 0. The molecule has 110 valence electrons. The number of hydrogen-bond donors (Lipinski definition) is 2. The summed E-state index contributed by atoms with van der Waals surface area (Å²) in [5, 5.41) is 8.60. The minimum atomic E-state index is -3.98. The molecular weight excluding hydrogens is 339 g/mol. The van der Waals surface area contributed by atoms with Crippen LogP contribution in [0.15, 0.2) is 41.4 Å². The quantitative estimate of drug-likeness (QED) is 0.829. The van der Waals surface area contributed by atoms with E-state index in [4.69, 9.17) is 28.3 Å². The fourth-order valence-electron chi connectivity index (χ4n) is 1.50. The number of nitrogens with one attached hydrogen (secondary N) is 1. The molecule has 0 fully saturated rings. The molecule has 0 saturated carbocycles. The first-order valence-corrected chi connectivity index (χ1v) is 7.71. The van der Waals surface area contributed by atoms with Crippen molar-refractivity contribution in [3.63, 3.8) is 0 Å². The van der Waals surface area contributed by atoms with E-state index in [0.717, 1.165) is 6.07 Å². The van der Waals surface area contributed by atoms with Gasteiger partial charge in [-0.1, -0.05) is 23.2 Å². The molecule has 2 N–H and O–H groups in total. The Hall–Kier alpha value is -1.83. The van der Waals surface area contributed by atoms with Gasteiger partial charge in [-0.15, -0.1) is 0 Å². The Labute approximate surface area is 130 Å². The molecule has 2 rings (SSSR count). The van der Waals surface area contributed by atoms with E-state index < -0.39 is 16.0 Å². The van der Waals surface area contributed by atoms with Gasteiger partial charge in [-0.3, -0.25) is 4.72 Å². The Morgan fingerprint density at radius 2 is 1.95 bits per heavy atom. The number of rotatable bonds is 4. The average Bonchev–Trinajstić information content (AvgIpc) is 2.41. The van der Waals surface area contributed by atoms with E-state index in [1.165, 1.54) is 30.5 Å². The van der Waals surface area contributed by atoms with Gasteiger partial charge in [0.2, 0.25) is 0 Å². The summed E-state index contributed by atoms with van der Waals surface area (Å²) in [7, 11) is -3.98. The predicted molar refractivity (Wildman–Crippen MR) is 78.5 cm³/mol. The van der Waals surface area contributed by atoms with Gasteiger partial charge in [0.25, 0.3) is 10.0 Å². The summed E-state index contributed by atoms with van der Waals surface area (Å²) < 4.78 is 26.6. The summed E-state index contributed by atoms with van der Waals surface area (Å²) in [4.78, 5) is 14.3. The minimum Gasteiger partial charge on any atom is -0.478 e. The third-order valence-electron chi connectivity index (χ3n) is 2.47. The van der Waals surface area contributed by atoms with E-state index in [1.54, 1.807) is 0 Å². The second kappa shape index (κ2) is 5.88. The van der Waals surface area contributed by atoms with Crippen molar-refractivity contribution in [2.45, 2.75) is 4.90 Å². The molecule has 1 heterocycles. The first-order valence-electron chi connectivity index (χ1n) is 5.47. The normalized spacial score (nSPS) is 11.1. The van der Waals surface area contributed by atoms with Crippen LogP contribution < -0.4 is 4.72 Å². The zero-order valence-corrected chi connectivity index (χ0v) is 12.6. The Bertz CT molecular complexity index is 809.